The van der Waals surface area contributed by atoms with Gasteiger partial charge in [0.05, 0.1) is 13.7 Å². The van der Waals surface area contributed by atoms with E-state index in [9.17, 15) is 0 Å². The van der Waals surface area contributed by atoms with Crippen LogP contribution in [0.1, 0.15) is 31.2 Å². The summed E-state index contributed by atoms with van der Waals surface area (Å²) < 4.78 is 8.14. The zero-order chi connectivity index (χ0) is 16.7. The molecule has 1 aromatic heterocycles. The second-order valence-corrected chi connectivity index (χ2v) is 7.12. The van der Waals surface area contributed by atoms with E-state index in [2.05, 4.69) is 66.8 Å². The third-order valence-corrected chi connectivity index (χ3v) is 5.24. The maximum Gasteiger partial charge on any atom is 0.251 e. The van der Waals surface area contributed by atoms with Crippen molar-refractivity contribution in [2.24, 2.45) is 13.0 Å². The fraction of sp³-hybridized carbons (Fsp3) is 0.381. The van der Waals surface area contributed by atoms with Gasteiger partial charge in [-0.3, -0.25) is 0 Å². The molecule has 3 heteroatoms. The summed E-state index contributed by atoms with van der Waals surface area (Å²) in [6, 6.07) is 13.3. The van der Waals surface area contributed by atoms with Gasteiger partial charge < -0.3 is 4.74 Å². The topological polar surface area (TPSA) is 28.9 Å². The molecule has 0 saturated carbocycles. The highest BCUT2D eigenvalue weighted by Gasteiger charge is 2.16. The van der Waals surface area contributed by atoms with E-state index in [0.29, 0.717) is 0 Å². The number of aryl methyl sites for hydroxylation is 2. The van der Waals surface area contributed by atoms with Crippen molar-refractivity contribution in [3.05, 3.63) is 47.8 Å². The largest absolute Gasteiger partial charge is 0.493 e. The minimum Gasteiger partial charge on any atom is -0.493 e. The van der Waals surface area contributed by atoms with E-state index in [1.807, 2.05) is 0 Å². The van der Waals surface area contributed by atoms with Gasteiger partial charge in [-0.25, -0.2) is 9.55 Å². The number of aromatic amines is 1. The molecule has 124 valence electrons. The Morgan fingerprint density at radius 2 is 1.92 bits per heavy atom. The predicted octanol–water partition coefficient (Wildman–Crippen LogP) is 4.32. The smallest absolute Gasteiger partial charge is 0.251 e. The Labute approximate surface area is 143 Å². The monoisotopic (exact) mass is 321 g/mol. The van der Waals surface area contributed by atoms with Crippen LogP contribution in [0.4, 0.5) is 0 Å². The van der Waals surface area contributed by atoms with E-state index in [-0.39, 0.29) is 0 Å². The molecule has 1 aliphatic rings. The normalized spacial score (nSPS) is 17.9. The number of H-pyrrole nitrogens is 1. The number of fused-ring (bicyclic) bond motifs is 2. The summed E-state index contributed by atoms with van der Waals surface area (Å²) in [4.78, 5) is 3.46. The first-order valence-electron chi connectivity index (χ1n) is 8.86. The first-order valence-corrected chi connectivity index (χ1v) is 8.86. The number of hydrogen-bond acceptors (Lipinski definition) is 1. The molecule has 0 bridgehead atoms. The second kappa shape index (κ2) is 5.97. The van der Waals surface area contributed by atoms with Crippen molar-refractivity contribution >= 4 is 11.0 Å². The summed E-state index contributed by atoms with van der Waals surface area (Å²) in [5, 5.41) is 0. The third-order valence-electron chi connectivity index (χ3n) is 5.24. The highest BCUT2D eigenvalue weighted by Crippen LogP contribution is 2.31. The number of hydrogen-bond donors (Lipinski definition) is 1. The molecule has 3 aromatic rings. The highest BCUT2D eigenvalue weighted by molar-refractivity contribution is 5.80. The van der Waals surface area contributed by atoms with Crippen molar-refractivity contribution < 1.29 is 9.30 Å². The van der Waals surface area contributed by atoms with Crippen LogP contribution < -0.4 is 9.30 Å². The second-order valence-electron chi connectivity index (χ2n) is 7.12. The van der Waals surface area contributed by atoms with Crippen molar-refractivity contribution in [2.75, 3.05) is 6.61 Å². The van der Waals surface area contributed by atoms with Gasteiger partial charge in [-0.05, 0) is 72.2 Å². The summed E-state index contributed by atoms with van der Waals surface area (Å²) in [7, 11) is 2.10. The van der Waals surface area contributed by atoms with Crippen molar-refractivity contribution in [1.29, 1.82) is 0 Å². The quantitative estimate of drug-likeness (QED) is 0.665. The lowest BCUT2D eigenvalue weighted by Crippen LogP contribution is -2.29. The number of benzene rings is 2. The van der Waals surface area contributed by atoms with Gasteiger partial charge >= 0.3 is 0 Å². The summed E-state index contributed by atoms with van der Waals surface area (Å²) >= 11 is 0. The average molecular weight is 321 g/mol. The van der Waals surface area contributed by atoms with E-state index in [1.165, 1.54) is 40.0 Å². The van der Waals surface area contributed by atoms with Crippen LogP contribution in [0.3, 0.4) is 0 Å². The minimum atomic E-state index is 0.718. The number of rotatable bonds is 1. The van der Waals surface area contributed by atoms with E-state index in [4.69, 9.17) is 4.74 Å². The van der Waals surface area contributed by atoms with Crippen molar-refractivity contribution in [3.8, 4) is 16.9 Å². The molecule has 24 heavy (non-hydrogen) atoms. The Morgan fingerprint density at radius 1 is 1.12 bits per heavy atom. The Kier molecular flexibility index (Phi) is 3.79. The van der Waals surface area contributed by atoms with E-state index in [1.54, 1.807) is 0 Å². The Bertz CT molecular complexity index is 894. The lowest BCUT2D eigenvalue weighted by molar-refractivity contribution is -0.651. The standard InChI is InChI=1S/C21H24N2O/c1-14-5-4-10-24-21-9-7-16(12-18(21)11-14)17-6-8-20-19(13-17)22-15(2)23(20)3/h6-9,12-14H,4-5,10-11H2,1-3H3/p+1. The van der Waals surface area contributed by atoms with Gasteiger partial charge in [0, 0.05) is 6.92 Å². The first-order chi connectivity index (χ1) is 11.6. The lowest BCUT2D eigenvalue weighted by atomic mass is 9.92. The van der Waals surface area contributed by atoms with Gasteiger partial charge in [-0.2, -0.15) is 0 Å². The Morgan fingerprint density at radius 3 is 2.79 bits per heavy atom. The van der Waals surface area contributed by atoms with E-state index >= 15 is 0 Å². The summed E-state index contributed by atoms with van der Waals surface area (Å²) in [6.07, 6.45) is 3.50. The van der Waals surface area contributed by atoms with E-state index in [0.717, 1.165) is 31.1 Å². The molecular formula is C21H25N2O+. The Hall–Kier alpha value is -2.29. The van der Waals surface area contributed by atoms with Crippen LogP contribution in [0.2, 0.25) is 0 Å². The molecule has 1 unspecified atom stereocenters. The SMILES string of the molecule is Cc1[nH]c2cc(-c3ccc4c(c3)CC(C)CCCO4)ccc2[n+]1C. The molecule has 1 atom stereocenters. The maximum atomic E-state index is 5.95. The zero-order valence-electron chi connectivity index (χ0n) is 14.7. The van der Waals surface area contributed by atoms with Crippen molar-refractivity contribution in [1.82, 2.24) is 4.98 Å². The van der Waals surface area contributed by atoms with Gasteiger partial charge in [0.2, 0.25) is 0 Å². The summed E-state index contributed by atoms with van der Waals surface area (Å²) in [6.45, 7) is 5.28. The number of nitrogens with one attached hydrogen (secondary N) is 1. The van der Waals surface area contributed by atoms with E-state index < -0.39 is 0 Å². The molecule has 0 aliphatic carbocycles. The molecular weight excluding hydrogens is 296 g/mol. The molecule has 4 rings (SSSR count). The molecule has 1 N–H and O–H groups in total. The summed E-state index contributed by atoms with van der Waals surface area (Å²) in [5.41, 5.74) is 6.28. The lowest BCUT2D eigenvalue weighted by Gasteiger charge is -2.20. The maximum absolute atomic E-state index is 5.95. The first kappa shape index (κ1) is 15.3. The number of imidazole rings is 1. The van der Waals surface area contributed by atoms with Crippen LogP contribution in [0.5, 0.6) is 5.75 Å². The van der Waals surface area contributed by atoms with Crippen molar-refractivity contribution in [2.45, 2.75) is 33.1 Å². The third kappa shape index (κ3) is 2.68. The minimum absolute atomic E-state index is 0.718. The molecule has 1 aliphatic heterocycles. The van der Waals surface area contributed by atoms with Crippen molar-refractivity contribution in [3.63, 3.8) is 0 Å². The van der Waals surface area contributed by atoms with Crippen LogP contribution >= 0.6 is 0 Å². The average Bonchev–Trinajstić information content (AvgIpc) is 2.84. The molecule has 2 aromatic carbocycles. The molecule has 0 radical (unpaired) electrons. The van der Waals surface area contributed by atoms with Gasteiger partial charge in [0.15, 0.2) is 11.0 Å². The molecule has 2 heterocycles. The fourth-order valence-electron chi connectivity index (χ4n) is 3.72. The molecule has 3 nitrogen and oxygen atoms in total. The molecule has 0 amide bonds. The Balaban J connectivity index is 1.76. The number of ether oxygens (including phenoxy) is 1. The van der Waals surface area contributed by atoms with Crippen LogP contribution in [-0.4, -0.2) is 11.6 Å². The van der Waals surface area contributed by atoms with Crippen LogP contribution in [0.15, 0.2) is 36.4 Å². The number of nitrogens with zero attached hydrogens (tertiary/aromatic N) is 1. The predicted molar refractivity (Wildman–Crippen MR) is 97.2 cm³/mol. The number of aromatic nitrogens is 2. The van der Waals surface area contributed by atoms with Gasteiger partial charge in [-0.15, -0.1) is 0 Å². The summed E-state index contributed by atoms with van der Waals surface area (Å²) in [5.74, 6) is 2.95. The van der Waals surface area contributed by atoms with Crippen LogP contribution in [-0.2, 0) is 13.5 Å². The van der Waals surface area contributed by atoms with Crippen LogP contribution in [0.25, 0.3) is 22.2 Å². The van der Waals surface area contributed by atoms with Gasteiger partial charge in [0.1, 0.15) is 5.75 Å². The molecule has 0 fully saturated rings. The molecule has 0 saturated heterocycles. The van der Waals surface area contributed by atoms with Gasteiger partial charge in [-0.1, -0.05) is 13.0 Å². The zero-order valence-corrected chi connectivity index (χ0v) is 14.7. The fourth-order valence-corrected chi connectivity index (χ4v) is 3.72. The molecule has 0 spiro atoms. The van der Waals surface area contributed by atoms with Gasteiger partial charge in [0.25, 0.3) is 5.82 Å². The van der Waals surface area contributed by atoms with Crippen LogP contribution in [0, 0.1) is 12.8 Å². The highest BCUT2D eigenvalue weighted by atomic mass is 16.5.